The molecule has 3 nitrogen and oxygen atoms in total. The number of nitrogen functional groups attached to an aromatic ring is 1. The minimum atomic E-state index is -0.262. The second kappa shape index (κ2) is 6.87. The van der Waals surface area contributed by atoms with Gasteiger partial charge in [0.2, 0.25) is 0 Å². The lowest BCUT2D eigenvalue weighted by Gasteiger charge is -2.21. The third kappa shape index (κ3) is 3.93. The first kappa shape index (κ1) is 15.7. The van der Waals surface area contributed by atoms with E-state index in [1.54, 1.807) is 6.07 Å². The zero-order valence-corrected chi connectivity index (χ0v) is 12.9. The Labute approximate surface area is 129 Å². The van der Waals surface area contributed by atoms with Crippen LogP contribution in [-0.2, 0) is 0 Å². The van der Waals surface area contributed by atoms with Gasteiger partial charge >= 0.3 is 0 Å². The number of aryl methyl sites for hydroxylation is 1. The number of aromatic nitrogens is 1. The second-order valence-corrected chi connectivity index (χ2v) is 5.51. The molecule has 0 amide bonds. The van der Waals surface area contributed by atoms with Gasteiger partial charge < -0.3 is 11.1 Å². The molecule has 1 heterocycles. The van der Waals surface area contributed by atoms with Crippen LogP contribution in [-0.4, -0.2) is 11.5 Å². The molecule has 5 heteroatoms. The quantitative estimate of drug-likeness (QED) is 0.882. The van der Waals surface area contributed by atoms with E-state index in [1.165, 1.54) is 18.3 Å². The normalized spacial score (nSPS) is 12.4. The standard InChI is InChI=1S/C16H19ClFN3/c1-3-4-20-15(11-5-10(2)6-13(18)7-11)14-8-12(17)9-21-16(14)19/h5-9,15,20H,3-4H2,1-2H3,(H2,19,21). The Morgan fingerprint density at radius 1 is 1.33 bits per heavy atom. The van der Waals surface area contributed by atoms with Crippen LogP contribution in [0.4, 0.5) is 10.2 Å². The van der Waals surface area contributed by atoms with Crippen molar-refractivity contribution in [2.45, 2.75) is 26.3 Å². The van der Waals surface area contributed by atoms with Crippen LogP contribution in [0.3, 0.4) is 0 Å². The van der Waals surface area contributed by atoms with E-state index in [9.17, 15) is 4.39 Å². The van der Waals surface area contributed by atoms with Gasteiger partial charge in [0.1, 0.15) is 11.6 Å². The molecule has 1 unspecified atom stereocenters. The molecule has 2 aromatic rings. The molecule has 21 heavy (non-hydrogen) atoms. The molecular formula is C16H19ClFN3. The molecule has 3 N–H and O–H groups in total. The molecule has 0 bridgehead atoms. The van der Waals surface area contributed by atoms with E-state index < -0.39 is 0 Å². The van der Waals surface area contributed by atoms with Crippen LogP contribution >= 0.6 is 11.6 Å². The minimum Gasteiger partial charge on any atom is -0.383 e. The van der Waals surface area contributed by atoms with Gasteiger partial charge in [-0.3, -0.25) is 0 Å². The molecule has 1 aromatic carbocycles. The highest BCUT2D eigenvalue weighted by atomic mass is 35.5. The van der Waals surface area contributed by atoms with Crippen LogP contribution in [0.15, 0.2) is 30.5 Å². The van der Waals surface area contributed by atoms with Crippen molar-refractivity contribution in [2.24, 2.45) is 0 Å². The summed E-state index contributed by atoms with van der Waals surface area (Å²) >= 11 is 6.03. The van der Waals surface area contributed by atoms with E-state index in [0.717, 1.165) is 29.7 Å². The molecule has 0 aliphatic heterocycles. The van der Waals surface area contributed by atoms with Crippen molar-refractivity contribution in [2.75, 3.05) is 12.3 Å². The zero-order chi connectivity index (χ0) is 15.4. The Morgan fingerprint density at radius 3 is 2.76 bits per heavy atom. The third-order valence-electron chi connectivity index (χ3n) is 3.22. The van der Waals surface area contributed by atoms with Gasteiger partial charge in [0.25, 0.3) is 0 Å². The number of nitrogens with two attached hydrogens (primary N) is 1. The van der Waals surface area contributed by atoms with E-state index in [-0.39, 0.29) is 11.9 Å². The number of nitrogens with one attached hydrogen (secondary N) is 1. The van der Waals surface area contributed by atoms with Crippen LogP contribution in [0.25, 0.3) is 0 Å². The van der Waals surface area contributed by atoms with Gasteiger partial charge in [-0.05, 0) is 49.2 Å². The predicted octanol–water partition coefficient (Wildman–Crippen LogP) is 3.85. The summed E-state index contributed by atoms with van der Waals surface area (Å²) in [7, 11) is 0. The number of rotatable bonds is 5. The maximum Gasteiger partial charge on any atom is 0.128 e. The van der Waals surface area contributed by atoms with Crippen molar-refractivity contribution in [1.29, 1.82) is 0 Å². The zero-order valence-electron chi connectivity index (χ0n) is 12.2. The van der Waals surface area contributed by atoms with Gasteiger partial charge in [0.05, 0.1) is 11.1 Å². The van der Waals surface area contributed by atoms with Crippen molar-refractivity contribution >= 4 is 17.4 Å². The first-order valence-corrected chi connectivity index (χ1v) is 7.30. The lowest BCUT2D eigenvalue weighted by Crippen LogP contribution is -2.24. The molecule has 0 fully saturated rings. The number of benzene rings is 1. The predicted molar refractivity (Wildman–Crippen MR) is 84.9 cm³/mol. The average Bonchev–Trinajstić information content (AvgIpc) is 2.42. The summed E-state index contributed by atoms with van der Waals surface area (Å²) in [6.45, 7) is 4.72. The van der Waals surface area contributed by atoms with Gasteiger partial charge in [-0.15, -0.1) is 0 Å². The smallest absolute Gasteiger partial charge is 0.128 e. The SMILES string of the molecule is CCCNC(c1cc(C)cc(F)c1)c1cc(Cl)cnc1N. The van der Waals surface area contributed by atoms with E-state index in [4.69, 9.17) is 17.3 Å². The minimum absolute atomic E-state index is 0.231. The Kier molecular flexibility index (Phi) is 5.15. The number of hydrogen-bond acceptors (Lipinski definition) is 3. The second-order valence-electron chi connectivity index (χ2n) is 5.08. The van der Waals surface area contributed by atoms with Gasteiger partial charge in [0, 0.05) is 11.8 Å². The molecule has 0 aliphatic rings. The van der Waals surface area contributed by atoms with Gasteiger partial charge in [-0.1, -0.05) is 24.6 Å². The molecule has 1 aromatic heterocycles. The number of hydrogen-bond donors (Lipinski definition) is 2. The Bertz CT molecular complexity index is 611. The van der Waals surface area contributed by atoms with Crippen molar-refractivity contribution in [3.63, 3.8) is 0 Å². The number of nitrogens with zero attached hydrogens (tertiary/aromatic N) is 1. The average molecular weight is 308 g/mol. The maximum absolute atomic E-state index is 13.7. The summed E-state index contributed by atoms with van der Waals surface area (Å²) in [5.41, 5.74) is 8.42. The van der Waals surface area contributed by atoms with Crippen molar-refractivity contribution in [1.82, 2.24) is 10.3 Å². The molecule has 0 saturated carbocycles. The van der Waals surface area contributed by atoms with Crippen molar-refractivity contribution < 1.29 is 4.39 Å². The summed E-state index contributed by atoms with van der Waals surface area (Å²) in [5.74, 6) is 0.136. The monoisotopic (exact) mass is 307 g/mol. The summed E-state index contributed by atoms with van der Waals surface area (Å²) < 4.78 is 13.7. The highest BCUT2D eigenvalue weighted by Crippen LogP contribution is 2.29. The molecule has 0 radical (unpaired) electrons. The topological polar surface area (TPSA) is 50.9 Å². The van der Waals surface area contributed by atoms with E-state index in [2.05, 4.69) is 17.2 Å². The fourth-order valence-electron chi connectivity index (χ4n) is 2.32. The van der Waals surface area contributed by atoms with Crippen LogP contribution < -0.4 is 11.1 Å². The highest BCUT2D eigenvalue weighted by Gasteiger charge is 2.18. The Morgan fingerprint density at radius 2 is 2.10 bits per heavy atom. The van der Waals surface area contributed by atoms with Crippen LogP contribution in [0, 0.1) is 12.7 Å². The lowest BCUT2D eigenvalue weighted by atomic mass is 9.97. The van der Waals surface area contributed by atoms with E-state index >= 15 is 0 Å². The fraction of sp³-hybridized carbons (Fsp3) is 0.312. The van der Waals surface area contributed by atoms with Crippen LogP contribution in [0.1, 0.15) is 36.1 Å². The molecule has 0 aliphatic carbocycles. The van der Waals surface area contributed by atoms with Crippen molar-refractivity contribution in [3.05, 3.63) is 58.0 Å². The Balaban J connectivity index is 2.49. The lowest BCUT2D eigenvalue weighted by molar-refractivity contribution is 0.584. The van der Waals surface area contributed by atoms with Gasteiger partial charge in [0.15, 0.2) is 0 Å². The molecule has 0 saturated heterocycles. The maximum atomic E-state index is 13.7. The van der Waals surface area contributed by atoms with Gasteiger partial charge in [-0.2, -0.15) is 0 Å². The fourth-order valence-corrected chi connectivity index (χ4v) is 2.49. The van der Waals surface area contributed by atoms with Crippen molar-refractivity contribution in [3.8, 4) is 0 Å². The first-order chi connectivity index (χ1) is 10.0. The molecule has 0 spiro atoms. The summed E-state index contributed by atoms with van der Waals surface area (Å²) in [4.78, 5) is 4.09. The number of halogens is 2. The Hall–Kier alpha value is -1.65. The third-order valence-corrected chi connectivity index (χ3v) is 3.43. The number of pyridine rings is 1. The highest BCUT2D eigenvalue weighted by molar-refractivity contribution is 6.30. The first-order valence-electron chi connectivity index (χ1n) is 6.92. The van der Waals surface area contributed by atoms with Gasteiger partial charge in [-0.25, -0.2) is 9.37 Å². The summed E-state index contributed by atoms with van der Waals surface area (Å²) in [6, 6.07) is 6.50. The molecule has 2 rings (SSSR count). The summed E-state index contributed by atoms with van der Waals surface area (Å²) in [6.07, 6.45) is 2.47. The summed E-state index contributed by atoms with van der Waals surface area (Å²) in [5, 5.41) is 3.89. The van der Waals surface area contributed by atoms with Crippen LogP contribution in [0.2, 0.25) is 5.02 Å². The van der Waals surface area contributed by atoms with E-state index in [0.29, 0.717) is 10.8 Å². The van der Waals surface area contributed by atoms with Crippen LogP contribution in [0.5, 0.6) is 0 Å². The largest absolute Gasteiger partial charge is 0.383 e. The van der Waals surface area contributed by atoms with E-state index in [1.807, 2.05) is 13.0 Å². The molecule has 1 atom stereocenters. The number of anilines is 1. The molecular weight excluding hydrogens is 289 g/mol. The molecule has 112 valence electrons.